The van der Waals surface area contributed by atoms with E-state index in [4.69, 9.17) is 0 Å². The van der Waals surface area contributed by atoms with Crippen LogP contribution in [-0.4, -0.2) is 26.4 Å². The molecule has 134 valence electrons. The Kier molecular flexibility index (Phi) is 5.65. The van der Waals surface area contributed by atoms with Crippen LogP contribution in [0.3, 0.4) is 0 Å². The minimum absolute atomic E-state index is 0.140. The van der Waals surface area contributed by atoms with Crippen LogP contribution >= 0.6 is 0 Å². The Labute approximate surface area is 149 Å². The molecule has 0 unspecified atom stereocenters. The van der Waals surface area contributed by atoms with Crippen molar-refractivity contribution in [3.63, 3.8) is 0 Å². The number of hydrogen-bond donors (Lipinski definition) is 1. The maximum absolute atomic E-state index is 12.7. The molecule has 0 heterocycles. The summed E-state index contributed by atoms with van der Waals surface area (Å²) in [7, 11) is -3.61. The fourth-order valence-electron chi connectivity index (χ4n) is 2.45. The number of carbonyl (C=O) groups excluding carboxylic acids is 1. The second kappa shape index (κ2) is 7.37. The Morgan fingerprint density at radius 2 is 1.56 bits per heavy atom. The van der Waals surface area contributed by atoms with Gasteiger partial charge in [-0.05, 0) is 64.1 Å². The average molecular weight is 360 g/mol. The molecule has 2 aromatic carbocycles. The van der Waals surface area contributed by atoms with Gasteiger partial charge in [-0.2, -0.15) is 0 Å². The van der Waals surface area contributed by atoms with Gasteiger partial charge in [-0.15, -0.1) is 0 Å². The van der Waals surface area contributed by atoms with Crippen LogP contribution in [0.1, 0.15) is 38.1 Å². The number of anilines is 1. The lowest BCUT2D eigenvalue weighted by Crippen LogP contribution is -2.40. The van der Waals surface area contributed by atoms with Crippen LogP contribution in [0.25, 0.3) is 0 Å². The van der Waals surface area contributed by atoms with E-state index in [1.54, 1.807) is 37.8 Å². The van der Waals surface area contributed by atoms with E-state index in [0.717, 1.165) is 5.69 Å². The fourth-order valence-corrected chi connectivity index (χ4v) is 3.86. The van der Waals surface area contributed by atoms with Gasteiger partial charge >= 0.3 is 0 Å². The van der Waals surface area contributed by atoms with Gasteiger partial charge in [0.2, 0.25) is 10.0 Å². The summed E-state index contributed by atoms with van der Waals surface area (Å²) in [4.78, 5) is 14.5. The normalized spacial score (nSPS) is 12.0. The molecule has 0 bridgehead atoms. The van der Waals surface area contributed by atoms with Gasteiger partial charge in [0.1, 0.15) is 0 Å². The molecule has 0 atom stereocenters. The van der Waals surface area contributed by atoms with Crippen molar-refractivity contribution in [1.82, 2.24) is 4.72 Å². The minimum atomic E-state index is -3.61. The molecule has 0 aromatic heterocycles. The molecule has 5 nitrogen and oxygen atoms in total. The van der Waals surface area contributed by atoms with E-state index in [2.05, 4.69) is 4.72 Å². The SMILES string of the molecule is CCN(C(=O)c1ccc(S(=O)(=O)NC(C)(C)C)cc1)c1ccccc1. The molecule has 0 aliphatic heterocycles. The van der Waals surface area contributed by atoms with Crippen molar-refractivity contribution >= 4 is 21.6 Å². The first-order chi connectivity index (χ1) is 11.6. The topological polar surface area (TPSA) is 66.5 Å². The second-order valence-corrected chi connectivity index (χ2v) is 8.45. The average Bonchev–Trinajstić information content (AvgIpc) is 2.54. The molecule has 0 radical (unpaired) electrons. The van der Waals surface area contributed by atoms with Gasteiger partial charge in [-0.3, -0.25) is 4.79 Å². The van der Waals surface area contributed by atoms with E-state index in [9.17, 15) is 13.2 Å². The Morgan fingerprint density at radius 3 is 2.04 bits per heavy atom. The van der Waals surface area contributed by atoms with E-state index in [0.29, 0.717) is 12.1 Å². The first kappa shape index (κ1) is 19.1. The van der Waals surface area contributed by atoms with Gasteiger partial charge in [-0.1, -0.05) is 18.2 Å². The van der Waals surface area contributed by atoms with Gasteiger partial charge in [0.15, 0.2) is 0 Å². The standard InChI is InChI=1S/C19H24N2O3S/c1-5-21(16-9-7-6-8-10-16)18(22)15-11-13-17(14-12-15)25(23,24)20-19(2,3)4/h6-14,20H,5H2,1-4H3. The third-order valence-corrected chi connectivity index (χ3v) is 5.26. The highest BCUT2D eigenvalue weighted by Crippen LogP contribution is 2.19. The molecule has 1 amide bonds. The summed E-state index contributed by atoms with van der Waals surface area (Å²) in [6.07, 6.45) is 0. The summed E-state index contributed by atoms with van der Waals surface area (Å²) in [5.74, 6) is -0.165. The van der Waals surface area contributed by atoms with E-state index >= 15 is 0 Å². The zero-order chi connectivity index (χ0) is 18.7. The minimum Gasteiger partial charge on any atom is -0.309 e. The van der Waals surface area contributed by atoms with Crippen molar-refractivity contribution in [3.8, 4) is 0 Å². The molecular formula is C19H24N2O3S. The Morgan fingerprint density at radius 1 is 1.00 bits per heavy atom. The summed E-state index contributed by atoms with van der Waals surface area (Å²) < 4.78 is 27.3. The molecule has 25 heavy (non-hydrogen) atoms. The Hall–Kier alpha value is -2.18. The van der Waals surface area contributed by atoms with Crippen molar-refractivity contribution < 1.29 is 13.2 Å². The monoisotopic (exact) mass is 360 g/mol. The highest BCUT2D eigenvalue weighted by molar-refractivity contribution is 7.89. The van der Waals surface area contributed by atoms with E-state index in [1.165, 1.54) is 12.1 Å². The Bertz CT molecular complexity index is 823. The number of benzene rings is 2. The number of nitrogens with one attached hydrogen (secondary N) is 1. The maximum atomic E-state index is 12.7. The highest BCUT2D eigenvalue weighted by atomic mass is 32.2. The summed E-state index contributed by atoms with van der Waals surface area (Å²) >= 11 is 0. The predicted octanol–water partition coefficient (Wildman–Crippen LogP) is 3.43. The second-order valence-electron chi connectivity index (χ2n) is 6.76. The van der Waals surface area contributed by atoms with E-state index in [-0.39, 0.29) is 10.8 Å². The molecular weight excluding hydrogens is 336 g/mol. The zero-order valence-electron chi connectivity index (χ0n) is 15.0. The predicted molar refractivity (Wildman–Crippen MR) is 100 cm³/mol. The summed E-state index contributed by atoms with van der Waals surface area (Å²) in [6.45, 7) is 7.76. The summed E-state index contributed by atoms with van der Waals surface area (Å²) in [5.41, 5.74) is 0.682. The fraction of sp³-hybridized carbons (Fsp3) is 0.316. The number of hydrogen-bond acceptors (Lipinski definition) is 3. The molecule has 0 saturated carbocycles. The smallest absolute Gasteiger partial charge is 0.258 e. The number of amides is 1. The molecule has 1 N–H and O–H groups in total. The van der Waals surface area contributed by atoms with Crippen LogP contribution in [0.15, 0.2) is 59.5 Å². The Balaban J connectivity index is 2.26. The van der Waals surface area contributed by atoms with Crippen LogP contribution in [0.2, 0.25) is 0 Å². The molecule has 2 rings (SSSR count). The number of para-hydroxylation sites is 1. The third kappa shape index (κ3) is 4.90. The number of nitrogens with zero attached hydrogens (tertiary/aromatic N) is 1. The maximum Gasteiger partial charge on any atom is 0.258 e. The molecule has 0 fully saturated rings. The van der Waals surface area contributed by atoms with Crippen LogP contribution in [0.5, 0.6) is 0 Å². The lowest BCUT2D eigenvalue weighted by Gasteiger charge is -2.22. The van der Waals surface area contributed by atoms with Crippen molar-refractivity contribution in [1.29, 1.82) is 0 Å². The molecule has 0 aliphatic rings. The summed E-state index contributed by atoms with van der Waals surface area (Å²) in [5, 5.41) is 0. The largest absolute Gasteiger partial charge is 0.309 e. The van der Waals surface area contributed by atoms with Gasteiger partial charge in [0, 0.05) is 23.3 Å². The van der Waals surface area contributed by atoms with Crippen LogP contribution in [-0.2, 0) is 10.0 Å². The first-order valence-electron chi connectivity index (χ1n) is 8.15. The molecule has 6 heteroatoms. The van der Waals surface area contributed by atoms with Gasteiger partial charge in [-0.25, -0.2) is 13.1 Å². The van der Waals surface area contributed by atoms with Crippen molar-refractivity contribution in [2.45, 2.75) is 38.1 Å². The van der Waals surface area contributed by atoms with Crippen LogP contribution < -0.4 is 9.62 Å². The zero-order valence-corrected chi connectivity index (χ0v) is 15.8. The highest BCUT2D eigenvalue weighted by Gasteiger charge is 2.23. The van der Waals surface area contributed by atoms with Gasteiger partial charge in [0.25, 0.3) is 5.91 Å². The molecule has 0 aliphatic carbocycles. The van der Waals surface area contributed by atoms with Crippen LogP contribution in [0, 0.1) is 0 Å². The van der Waals surface area contributed by atoms with Crippen molar-refractivity contribution in [3.05, 3.63) is 60.2 Å². The molecule has 0 saturated heterocycles. The number of sulfonamides is 1. The van der Waals surface area contributed by atoms with E-state index in [1.807, 2.05) is 37.3 Å². The quantitative estimate of drug-likeness (QED) is 0.888. The van der Waals surface area contributed by atoms with Gasteiger partial charge in [0.05, 0.1) is 4.90 Å². The molecule has 0 spiro atoms. The number of rotatable bonds is 5. The lowest BCUT2D eigenvalue weighted by molar-refractivity contribution is 0.0988. The molecule has 2 aromatic rings. The van der Waals surface area contributed by atoms with Crippen LogP contribution in [0.4, 0.5) is 5.69 Å². The van der Waals surface area contributed by atoms with Crippen molar-refractivity contribution in [2.24, 2.45) is 0 Å². The lowest BCUT2D eigenvalue weighted by atomic mass is 10.1. The van der Waals surface area contributed by atoms with Crippen molar-refractivity contribution in [2.75, 3.05) is 11.4 Å². The first-order valence-corrected chi connectivity index (χ1v) is 9.63. The van der Waals surface area contributed by atoms with E-state index < -0.39 is 15.6 Å². The number of carbonyl (C=O) groups is 1. The van der Waals surface area contributed by atoms with Gasteiger partial charge < -0.3 is 4.90 Å². The summed E-state index contributed by atoms with van der Waals surface area (Å²) in [6, 6.07) is 15.4. The third-order valence-electron chi connectivity index (χ3n) is 3.48.